The van der Waals surface area contributed by atoms with Crippen molar-refractivity contribution in [3.05, 3.63) is 35.9 Å². The summed E-state index contributed by atoms with van der Waals surface area (Å²) in [6.07, 6.45) is 1.99. The van der Waals surface area contributed by atoms with Gasteiger partial charge in [-0.05, 0) is 31.2 Å². The molecule has 25 heavy (non-hydrogen) atoms. The molecule has 132 valence electrons. The maximum atomic E-state index is 12.8. The summed E-state index contributed by atoms with van der Waals surface area (Å²) in [4.78, 5) is 37.7. The molecule has 0 aromatic heterocycles. The quantitative estimate of drug-likeness (QED) is 0.681. The lowest BCUT2D eigenvalue weighted by molar-refractivity contribution is -0.150. The number of amides is 4. The Hall–Kier alpha value is -2.41. The summed E-state index contributed by atoms with van der Waals surface area (Å²) in [7, 11) is 0. The number of hydrogen-bond acceptors (Lipinski definition) is 4. The SMILES string of the molecule is O=C1NC(=O)C2(CC(C(=O)N3CCCC(O)(c4ccccc4)C3)C2)N1. The molecule has 4 rings (SSSR count). The Labute approximate surface area is 145 Å². The molecule has 2 heterocycles. The van der Waals surface area contributed by atoms with Gasteiger partial charge in [0.25, 0.3) is 5.91 Å². The third-order valence-corrected chi connectivity index (χ3v) is 5.65. The van der Waals surface area contributed by atoms with E-state index in [2.05, 4.69) is 10.6 Å². The number of likely N-dealkylation sites (tertiary alicyclic amines) is 1. The molecule has 7 nitrogen and oxygen atoms in total. The predicted molar refractivity (Wildman–Crippen MR) is 88.3 cm³/mol. The standard InChI is InChI=1S/C18H21N3O4/c22-14(12-9-17(10-12)15(23)19-16(24)20-17)21-8-4-7-18(25,11-21)13-5-2-1-3-6-13/h1-3,5-6,12,25H,4,7-11H2,(H2,19,20,23,24). The van der Waals surface area contributed by atoms with Gasteiger partial charge >= 0.3 is 6.03 Å². The van der Waals surface area contributed by atoms with Gasteiger partial charge in [-0.3, -0.25) is 14.9 Å². The van der Waals surface area contributed by atoms with Gasteiger partial charge < -0.3 is 15.3 Å². The fraction of sp³-hybridized carbons (Fsp3) is 0.500. The van der Waals surface area contributed by atoms with Crippen LogP contribution < -0.4 is 10.6 Å². The molecule has 3 N–H and O–H groups in total. The van der Waals surface area contributed by atoms with Crippen LogP contribution in [0.25, 0.3) is 0 Å². The normalized spacial score (nSPS) is 34.4. The zero-order valence-electron chi connectivity index (χ0n) is 13.8. The zero-order valence-corrected chi connectivity index (χ0v) is 13.8. The highest BCUT2D eigenvalue weighted by molar-refractivity contribution is 6.08. The average molecular weight is 343 g/mol. The molecular weight excluding hydrogens is 322 g/mol. The molecule has 1 aromatic rings. The van der Waals surface area contributed by atoms with Crippen LogP contribution in [-0.4, -0.2) is 46.5 Å². The third kappa shape index (κ3) is 2.59. The second-order valence-electron chi connectivity index (χ2n) is 7.36. The van der Waals surface area contributed by atoms with Gasteiger partial charge in [0, 0.05) is 12.5 Å². The van der Waals surface area contributed by atoms with Crippen molar-refractivity contribution in [3.8, 4) is 0 Å². The minimum absolute atomic E-state index is 0.0476. The number of aliphatic hydroxyl groups is 1. The van der Waals surface area contributed by atoms with E-state index in [0.29, 0.717) is 25.8 Å². The van der Waals surface area contributed by atoms with Crippen molar-refractivity contribution in [1.82, 2.24) is 15.5 Å². The molecule has 4 amide bonds. The number of imide groups is 1. The van der Waals surface area contributed by atoms with Gasteiger partial charge in [0.1, 0.15) is 11.1 Å². The number of hydrogen-bond donors (Lipinski definition) is 3. The molecule has 3 aliphatic rings. The minimum Gasteiger partial charge on any atom is -0.383 e. The Bertz CT molecular complexity index is 729. The largest absolute Gasteiger partial charge is 0.383 e. The van der Waals surface area contributed by atoms with Crippen molar-refractivity contribution in [2.75, 3.05) is 13.1 Å². The summed E-state index contributed by atoms with van der Waals surface area (Å²) in [6, 6.07) is 8.92. The van der Waals surface area contributed by atoms with E-state index in [9.17, 15) is 19.5 Å². The Kier molecular flexibility index (Phi) is 3.57. The van der Waals surface area contributed by atoms with Crippen molar-refractivity contribution in [2.24, 2.45) is 5.92 Å². The molecule has 0 radical (unpaired) electrons. The van der Waals surface area contributed by atoms with Gasteiger partial charge in [0.2, 0.25) is 5.91 Å². The molecule has 2 aliphatic heterocycles. The van der Waals surface area contributed by atoms with Crippen LogP contribution in [0.1, 0.15) is 31.2 Å². The second kappa shape index (κ2) is 5.56. The first-order chi connectivity index (χ1) is 11.9. The number of benzene rings is 1. The summed E-state index contributed by atoms with van der Waals surface area (Å²) >= 11 is 0. The molecule has 3 fully saturated rings. The number of β-amino-alcohol motifs (C(OH)–C–C–N with tert-alkyl or cyclic N) is 1. The van der Waals surface area contributed by atoms with Gasteiger partial charge in [-0.1, -0.05) is 30.3 Å². The molecule has 1 saturated carbocycles. The number of urea groups is 1. The van der Waals surface area contributed by atoms with E-state index in [-0.39, 0.29) is 24.3 Å². The average Bonchev–Trinajstić information content (AvgIpc) is 2.88. The van der Waals surface area contributed by atoms with Crippen molar-refractivity contribution in [1.29, 1.82) is 0 Å². The van der Waals surface area contributed by atoms with Crippen molar-refractivity contribution >= 4 is 17.8 Å². The van der Waals surface area contributed by atoms with E-state index in [4.69, 9.17) is 0 Å². The summed E-state index contributed by atoms with van der Waals surface area (Å²) < 4.78 is 0. The Balaban J connectivity index is 1.43. The monoisotopic (exact) mass is 343 g/mol. The van der Waals surface area contributed by atoms with Crippen LogP contribution in [-0.2, 0) is 15.2 Å². The van der Waals surface area contributed by atoms with Gasteiger partial charge in [-0.2, -0.15) is 0 Å². The van der Waals surface area contributed by atoms with Crippen LogP contribution in [0.2, 0.25) is 0 Å². The number of nitrogens with one attached hydrogen (secondary N) is 2. The van der Waals surface area contributed by atoms with Gasteiger partial charge in [0.05, 0.1) is 6.54 Å². The summed E-state index contributed by atoms with van der Waals surface area (Å²) in [5.41, 5.74) is -1.13. The molecule has 1 atom stereocenters. The van der Waals surface area contributed by atoms with Crippen molar-refractivity contribution < 1.29 is 19.5 Å². The fourth-order valence-electron chi connectivity index (χ4n) is 4.24. The third-order valence-electron chi connectivity index (χ3n) is 5.65. The number of piperidine rings is 1. The highest BCUT2D eigenvalue weighted by Crippen LogP contribution is 2.42. The van der Waals surface area contributed by atoms with E-state index in [0.717, 1.165) is 12.0 Å². The molecule has 2 saturated heterocycles. The molecule has 0 bridgehead atoms. The Morgan fingerprint density at radius 2 is 1.92 bits per heavy atom. The first-order valence-electron chi connectivity index (χ1n) is 8.62. The lowest BCUT2D eigenvalue weighted by Crippen LogP contribution is -2.61. The molecule has 1 aliphatic carbocycles. The second-order valence-corrected chi connectivity index (χ2v) is 7.36. The Morgan fingerprint density at radius 3 is 2.56 bits per heavy atom. The van der Waals surface area contributed by atoms with Gasteiger partial charge in [-0.15, -0.1) is 0 Å². The van der Waals surface area contributed by atoms with Crippen LogP contribution in [0.4, 0.5) is 4.79 Å². The molecule has 1 aromatic carbocycles. The zero-order chi connectivity index (χ0) is 17.7. The number of rotatable bonds is 2. The highest BCUT2D eigenvalue weighted by Gasteiger charge is 2.58. The van der Waals surface area contributed by atoms with Crippen LogP contribution in [0.5, 0.6) is 0 Å². The number of carbonyl (C=O) groups excluding carboxylic acids is 3. The molecule has 7 heteroatoms. The summed E-state index contributed by atoms with van der Waals surface area (Å²) in [5, 5.41) is 15.9. The first kappa shape index (κ1) is 16.1. The van der Waals surface area contributed by atoms with Crippen LogP contribution in [0.3, 0.4) is 0 Å². The van der Waals surface area contributed by atoms with E-state index < -0.39 is 17.2 Å². The number of carbonyl (C=O) groups is 3. The number of nitrogens with zero attached hydrogens (tertiary/aromatic N) is 1. The summed E-state index contributed by atoms with van der Waals surface area (Å²) in [6.45, 7) is 0.869. The van der Waals surface area contributed by atoms with Gasteiger partial charge in [-0.25, -0.2) is 4.79 Å². The van der Waals surface area contributed by atoms with Crippen molar-refractivity contribution in [2.45, 2.75) is 36.8 Å². The first-order valence-corrected chi connectivity index (χ1v) is 8.62. The summed E-state index contributed by atoms with van der Waals surface area (Å²) in [5.74, 6) is -0.683. The Morgan fingerprint density at radius 1 is 1.20 bits per heavy atom. The lowest BCUT2D eigenvalue weighted by Gasteiger charge is -2.46. The van der Waals surface area contributed by atoms with E-state index in [1.165, 1.54) is 0 Å². The lowest BCUT2D eigenvalue weighted by atomic mass is 9.67. The molecule has 1 spiro atoms. The van der Waals surface area contributed by atoms with Crippen LogP contribution in [0, 0.1) is 5.92 Å². The molecular formula is C18H21N3O4. The predicted octanol–water partition coefficient (Wildman–Crippen LogP) is 0.485. The van der Waals surface area contributed by atoms with Gasteiger partial charge in [0.15, 0.2) is 0 Å². The van der Waals surface area contributed by atoms with E-state index in [1.54, 1.807) is 4.90 Å². The van der Waals surface area contributed by atoms with Crippen molar-refractivity contribution in [3.63, 3.8) is 0 Å². The van der Waals surface area contributed by atoms with E-state index >= 15 is 0 Å². The molecule has 1 unspecified atom stereocenters. The topological polar surface area (TPSA) is 98.7 Å². The minimum atomic E-state index is -1.03. The van der Waals surface area contributed by atoms with Crippen LogP contribution >= 0.6 is 0 Å². The fourth-order valence-corrected chi connectivity index (χ4v) is 4.24. The maximum Gasteiger partial charge on any atom is 0.322 e. The van der Waals surface area contributed by atoms with E-state index in [1.807, 2.05) is 30.3 Å². The highest BCUT2D eigenvalue weighted by atomic mass is 16.3. The smallest absolute Gasteiger partial charge is 0.322 e. The van der Waals surface area contributed by atoms with Crippen LogP contribution in [0.15, 0.2) is 30.3 Å². The maximum absolute atomic E-state index is 12.8.